The summed E-state index contributed by atoms with van der Waals surface area (Å²) in [5.41, 5.74) is 0.230. The van der Waals surface area contributed by atoms with Crippen LogP contribution >= 0.6 is 11.6 Å². The molecule has 0 bridgehead atoms. The Labute approximate surface area is 172 Å². The minimum Gasteiger partial charge on any atom is -0.348 e. The zero-order valence-corrected chi connectivity index (χ0v) is 17.6. The first-order valence-corrected chi connectivity index (χ1v) is 9.74. The average molecular weight is 418 g/mol. The fourth-order valence-corrected chi connectivity index (χ4v) is 3.61. The van der Waals surface area contributed by atoms with Crippen LogP contribution in [0.25, 0.3) is 11.2 Å². The van der Waals surface area contributed by atoms with Gasteiger partial charge in [0, 0.05) is 14.1 Å². The highest BCUT2D eigenvalue weighted by atomic mass is 35.5. The Morgan fingerprint density at radius 3 is 2.41 bits per heavy atom. The second kappa shape index (κ2) is 8.24. The summed E-state index contributed by atoms with van der Waals surface area (Å²) in [7, 11) is 2.88. The third-order valence-corrected chi connectivity index (χ3v) is 5.14. The van der Waals surface area contributed by atoms with Crippen LogP contribution in [0.2, 0.25) is 5.28 Å². The minimum absolute atomic E-state index is 0.0198. The monoisotopic (exact) mass is 417 g/mol. The molecule has 0 aliphatic heterocycles. The normalized spacial score (nSPS) is 12.5. The topological polar surface area (TPSA) is 90.9 Å². The van der Waals surface area contributed by atoms with Crippen molar-refractivity contribution in [3.63, 3.8) is 0 Å². The molecule has 154 valence electrons. The molecule has 0 saturated carbocycles. The maximum atomic E-state index is 12.8. The number of aromatic nitrogens is 4. The van der Waals surface area contributed by atoms with Crippen LogP contribution in [-0.2, 0) is 25.4 Å². The van der Waals surface area contributed by atoms with Crippen LogP contribution in [0.15, 0.2) is 39.9 Å². The number of imidazole rings is 1. The molecule has 9 heteroatoms. The molecule has 0 unspecified atom stereocenters. The number of rotatable bonds is 6. The van der Waals surface area contributed by atoms with Crippen LogP contribution in [0.1, 0.15) is 31.9 Å². The van der Waals surface area contributed by atoms with Gasteiger partial charge in [0.05, 0.1) is 6.04 Å². The van der Waals surface area contributed by atoms with Crippen LogP contribution in [0, 0.1) is 5.92 Å². The van der Waals surface area contributed by atoms with Crippen molar-refractivity contribution in [3.8, 4) is 0 Å². The van der Waals surface area contributed by atoms with Gasteiger partial charge in [-0.3, -0.25) is 23.3 Å². The predicted octanol–water partition coefficient (Wildman–Crippen LogP) is 1.99. The number of hydrogen-bond donors (Lipinski definition) is 1. The van der Waals surface area contributed by atoms with Gasteiger partial charge in [0.1, 0.15) is 6.54 Å². The molecular formula is C20H24ClN5O3. The third kappa shape index (κ3) is 4.12. The predicted molar refractivity (Wildman–Crippen MR) is 112 cm³/mol. The fraction of sp³-hybridized carbons (Fsp3) is 0.400. The molecule has 3 aromatic rings. The molecule has 3 rings (SSSR count). The summed E-state index contributed by atoms with van der Waals surface area (Å²) in [6.07, 6.45) is 0.768. The number of halogens is 1. The van der Waals surface area contributed by atoms with Gasteiger partial charge in [0.25, 0.3) is 5.56 Å². The lowest BCUT2D eigenvalue weighted by Gasteiger charge is -2.21. The van der Waals surface area contributed by atoms with E-state index in [0.717, 1.165) is 16.6 Å². The number of carbonyl (C=O) groups excluding carboxylic acids is 1. The first-order valence-electron chi connectivity index (χ1n) is 9.36. The van der Waals surface area contributed by atoms with Crippen LogP contribution < -0.4 is 16.6 Å². The van der Waals surface area contributed by atoms with Crippen molar-refractivity contribution in [2.45, 2.75) is 32.9 Å². The number of nitrogens with zero attached hydrogens (tertiary/aromatic N) is 4. The molecule has 29 heavy (non-hydrogen) atoms. The summed E-state index contributed by atoms with van der Waals surface area (Å²) in [6.45, 7) is 4.00. The first kappa shape index (κ1) is 20.9. The molecule has 2 heterocycles. The van der Waals surface area contributed by atoms with Crippen molar-refractivity contribution in [2.24, 2.45) is 20.0 Å². The van der Waals surface area contributed by atoms with Gasteiger partial charge >= 0.3 is 5.69 Å². The van der Waals surface area contributed by atoms with Gasteiger partial charge in [-0.15, -0.1) is 0 Å². The SMILES string of the molecule is CC(C)C[C@@H](NC(=O)Cn1c(Cl)nc2c1c(=O)n(C)c(=O)n2C)c1ccccc1. The van der Waals surface area contributed by atoms with Crippen molar-refractivity contribution >= 4 is 28.7 Å². The van der Waals surface area contributed by atoms with Crippen molar-refractivity contribution < 1.29 is 4.79 Å². The van der Waals surface area contributed by atoms with Crippen LogP contribution in [0.3, 0.4) is 0 Å². The summed E-state index contributed by atoms with van der Waals surface area (Å²) >= 11 is 6.21. The highest BCUT2D eigenvalue weighted by molar-refractivity contribution is 6.29. The molecular weight excluding hydrogens is 394 g/mol. The van der Waals surface area contributed by atoms with E-state index in [9.17, 15) is 14.4 Å². The van der Waals surface area contributed by atoms with Gasteiger partial charge in [-0.25, -0.2) is 4.79 Å². The Balaban J connectivity index is 1.94. The van der Waals surface area contributed by atoms with Gasteiger partial charge in [-0.05, 0) is 29.5 Å². The Morgan fingerprint density at radius 1 is 1.14 bits per heavy atom. The zero-order valence-electron chi connectivity index (χ0n) is 16.8. The maximum absolute atomic E-state index is 12.8. The van der Waals surface area contributed by atoms with E-state index in [2.05, 4.69) is 24.1 Å². The lowest BCUT2D eigenvalue weighted by Crippen LogP contribution is -2.38. The lowest BCUT2D eigenvalue weighted by molar-refractivity contribution is -0.122. The van der Waals surface area contributed by atoms with E-state index in [-0.39, 0.29) is 34.9 Å². The number of nitrogens with one attached hydrogen (secondary N) is 1. The van der Waals surface area contributed by atoms with Crippen molar-refractivity contribution in [1.29, 1.82) is 0 Å². The third-order valence-electron chi connectivity index (χ3n) is 4.85. The van der Waals surface area contributed by atoms with Gasteiger partial charge in [0.15, 0.2) is 11.2 Å². The molecule has 8 nitrogen and oxygen atoms in total. The summed E-state index contributed by atoms with van der Waals surface area (Å²) in [4.78, 5) is 41.6. The molecule has 0 saturated heterocycles. The molecule has 1 amide bonds. The van der Waals surface area contributed by atoms with Gasteiger partial charge in [-0.2, -0.15) is 4.98 Å². The van der Waals surface area contributed by atoms with E-state index in [4.69, 9.17) is 11.6 Å². The Hall–Kier alpha value is -2.87. The maximum Gasteiger partial charge on any atom is 0.332 e. The second-order valence-electron chi connectivity index (χ2n) is 7.51. The summed E-state index contributed by atoms with van der Waals surface area (Å²) < 4.78 is 3.55. The highest BCUT2D eigenvalue weighted by Crippen LogP contribution is 2.21. The molecule has 2 aromatic heterocycles. The molecule has 1 aromatic carbocycles. The largest absolute Gasteiger partial charge is 0.348 e. The van der Waals surface area contributed by atoms with Crippen LogP contribution in [0.4, 0.5) is 0 Å². The number of hydrogen-bond acceptors (Lipinski definition) is 4. The van der Waals surface area contributed by atoms with Gasteiger partial charge in [0.2, 0.25) is 11.2 Å². The van der Waals surface area contributed by atoms with E-state index in [1.165, 1.54) is 23.2 Å². The molecule has 0 radical (unpaired) electrons. The molecule has 1 atom stereocenters. The molecule has 0 aliphatic carbocycles. The second-order valence-corrected chi connectivity index (χ2v) is 7.84. The summed E-state index contributed by atoms with van der Waals surface area (Å²) in [5, 5.41) is 3.01. The average Bonchev–Trinajstić information content (AvgIpc) is 3.01. The molecule has 0 fully saturated rings. The molecule has 1 N–H and O–H groups in total. The van der Waals surface area contributed by atoms with E-state index in [1.54, 1.807) is 0 Å². The highest BCUT2D eigenvalue weighted by Gasteiger charge is 2.21. The Morgan fingerprint density at radius 2 is 1.79 bits per heavy atom. The van der Waals surface area contributed by atoms with Crippen molar-refractivity contribution in [2.75, 3.05) is 0 Å². The van der Waals surface area contributed by atoms with Crippen molar-refractivity contribution in [1.82, 2.24) is 24.0 Å². The number of aryl methyl sites for hydroxylation is 1. The lowest BCUT2D eigenvalue weighted by atomic mass is 9.97. The Kier molecular flexibility index (Phi) is 5.93. The number of amides is 1. The quantitative estimate of drug-likeness (QED) is 0.621. The molecule has 0 spiro atoms. The zero-order chi connectivity index (χ0) is 21.3. The standard InChI is InChI=1S/C20H24ClN5O3/c1-12(2)10-14(13-8-6-5-7-9-13)22-15(27)11-26-16-17(23-19(26)21)24(3)20(29)25(4)18(16)28/h5-9,12,14H,10-11H2,1-4H3,(H,22,27)/t14-/m1/s1. The number of carbonyl (C=O) groups is 1. The van der Waals surface area contributed by atoms with Crippen molar-refractivity contribution in [3.05, 3.63) is 62.0 Å². The van der Waals surface area contributed by atoms with E-state index >= 15 is 0 Å². The fourth-order valence-electron chi connectivity index (χ4n) is 3.38. The Bertz CT molecular complexity index is 1160. The van der Waals surface area contributed by atoms with E-state index in [0.29, 0.717) is 5.92 Å². The molecule has 0 aliphatic rings. The van der Waals surface area contributed by atoms with E-state index in [1.807, 2.05) is 30.3 Å². The van der Waals surface area contributed by atoms with Crippen LogP contribution in [-0.4, -0.2) is 24.6 Å². The first-order chi connectivity index (χ1) is 13.7. The van der Waals surface area contributed by atoms with Gasteiger partial charge in [-0.1, -0.05) is 44.2 Å². The summed E-state index contributed by atoms with van der Waals surface area (Å²) in [5.74, 6) is 0.0802. The van der Waals surface area contributed by atoms with E-state index < -0.39 is 11.2 Å². The van der Waals surface area contributed by atoms with Gasteiger partial charge < -0.3 is 5.32 Å². The summed E-state index contributed by atoms with van der Waals surface area (Å²) in [6, 6.07) is 9.56. The minimum atomic E-state index is -0.544. The van der Waals surface area contributed by atoms with Crippen LogP contribution in [0.5, 0.6) is 0 Å². The number of benzene rings is 1. The smallest absolute Gasteiger partial charge is 0.332 e. The number of fused-ring (bicyclic) bond motifs is 1.